The van der Waals surface area contributed by atoms with Crippen LogP contribution in [-0.2, 0) is 17.7 Å². The van der Waals surface area contributed by atoms with Gasteiger partial charge in [-0.25, -0.2) is 14.2 Å². The Hall–Kier alpha value is -3.02. The maximum absolute atomic E-state index is 13.6. The molecule has 0 saturated heterocycles. The van der Waals surface area contributed by atoms with Crippen molar-refractivity contribution in [2.45, 2.75) is 13.0 Å². The lowest BCUT2D eigenvalue weighted by Gasteiger charge is -2.04. The summed E-state index contributed by atoms with van der Waals surface area (Å²) in [5.41, 5.74) is 2.32. The summed E-state index contributed by atoms with van der Waals surface area (Å²) in [5, 5.41) is 0. The standard InChI is InChI=1S/C18H16FN3O2/c1-24-18(23)14-6-8-20-16(10-14)17-11-22(12-21-17)9-7-13-4-2-3-5-15(13)19/h2-6,8,10-12H,7,9H2,1H3. The normalized spacial score (nSPS) is 10.6. The molecule has 0 fully saturated rings. The second kappa shape index (κ2) is 7.04. The number of esters is 1. The van der Waals surface area contributed by atoms with E-state index in [1.807, 2.05) is 16.8 Å². The SMILES string of the molecule is COC(=O)c1ccnc(-c2cn(CCc3ccccc3F)cn2)c1. The molecule has 3 rings (SSSR count). The number of hydrogen-bond donors (Lipinski definition) is 0. The van der Waals surface area contributed by atoms with Crippen molar-refractivity contribution in [3.8, 4) is 11.4 Å². The minimum absolute atomic E-state index is 0.203. The van der Waals surface area contributed by atoms with E-state index in [4.69, 9.17) is 4.74 Å². The average molecular weight is 325 g/mol. The lowest BCUT2D eigenvalue weighted by molar-refractivity contribution is 0.0600. The molecule has 0 aliphatic carbocycles. The molecule has 0 atom stereocenters. The number of imidazole rings is 1. The summed E-state index contributed by atoms with van der Waals surface area (Å²) in [5.74, 6) is -0.622. The quantitative estimate of drug-likeness (QED) is 0.676. The first-order valence-electron chi connectivity index (χ1n) is 7.47. The van der Waals surface area contributed by atoms with Gasteiger partial charge in [-0.05, 0) is 30.2 Å². The van der Waals surface area contributed by atoms with Gasteiger partial charge in [-0.1, -0.05) is 18.2 Å². The van der Waals surface area contributed by atoms with Crippen molar-refractivity contribution in [2.75, 3.05) is 7.11 Å². The first kappa shape index (κ1) is 15.9. The summed E-state index contributed by atoms with van der Waals surface area (Å²) in [4.78, 5) is 20.1. The summed E-state index contributed by atoms with van der Waals surface area (Å²) in [7, 11) is 1.33. The lowest BCUT2D eigenvalue weighted by Crippen LogP contribution is -2.02. The van der Waals surface area contributed by atoms with Crippen LogP contribution in [0, 0.1) is 5.82 Å². The van der Waals surface area contributed by atoms with E-state index >= 15 is 0 Å². The molecular weight excluding hydrogens is 309 g/mol. The van der Waals surface area contributed by atoms with Crippen molar-refractivity contribution >= 4 is 5.97 Å². The maximum atomic E-state index is 13.6. The summed E-state index contributed by atoms with van der Waals surface area (Å²) in [6.07, 6.45) is 5.60. The number of carbonyl (C=O) groups is 1. The Morgan fingerprint density at radius 1 is 1.21 bits per heavy atom. The molecule has 0 amide bonds. The molecule has 0 radical (unpaired) electrons. The Morgan fingerprint density at radius 3 is 2.83 bits per heavy atom. The van der Waals surface area contributed by atoms with Crippen LogP contribution in [0.1, 0.15) is 15.9 Å². The van der Waals surface area contributed by atoms with Crippen LogP contribution < -0.4 is 0 Å². The van der Waals surface area contributed by atoms with Crippen molar-refractivity contribution in [2.24, 2.45) is 0 Å². The average Bonchev–Trinajstić information content (AvgIpc) is 3.09. The van der Waals surface area contributed by atoms with Gasteiger partial charge >= 0.3 is 5.97 Å². The van der Waals surface area contributed by atoms with Crippen LogP contribution in [0.5, 0.6) is 0 Å². The van der Waals surface area contributed by atoms with Crippen molar-refractivity contribution in [3.05, 3.63) is 72.1 Å². The highest BCUT2D eigenvalue weighted by Gasteiger charge is 2.10. The summed E-state index contributed by atoms with van der Waals surface area (Å²) in [6.45, 7) is 0.602. The highest BCUT2D eigenvalue weighted by Crippen LogP contribution is 2.17. The van der Waals surface area contributed by atoms with Crippen LogP contribution in [0.15, 0.2) is 55.1 Å². The molecule has 2 aromatic heterocycles. The summed E-state index contributed by atoms with van der Waals surface area (Å²) < 4.78 is 20.2. The zero-order valence-electron chi connectivity index (χ0n) is 13.1. The Labute approximate surface area is 138 Å². The van der Waals surface area contributed by atoms with Crippen LogP contribution in [0.3, 0.4) is 0 Å². The molecule has 122 valence electrons. The van der Waals surface area contributed by atoms with Crippen molar-refractivity contribution in [1.29, 1.82) is 0 Å². The fraction of sp³-hybridized carbons (Fsp3) is 0.167. The largest absolute Gasteiger partial charge is 0.465 e. The molecule has 0 saturated carbocycles. The molecule has 6 heteroatoms. The van der Waals surface area contributed by atoms with Crippen molar-refractivity contribution in [3.63, 3.8) is 0 Å². The monoisotopic (exact) mass is 325 g/mol. The minimum Gasteiger partial charge on any atom is -0.465 e. The molecule has 24 heavy (non-hydrogen) atoms. The van der Waals surface area contributed by atoms with E-state index < -0.39 is 5.97 Å². The van der Waals surface area contributed by atoms with Gasteiger partial charge in [0.2, 0.25) is 0 Å². The van der Waals surface area contributed by atoms with Crippen molar-refractivity contribution in [1.82, 2.24) is 14.5 Å². The molecule has 5 nitrogen and oxygen atoms in total. The third-order valence-corrected chi connectivity index (χ3v) is 3.67. The predicted molar refractivity (Wildman–Crippen MR) is 86.9 cm³/mol. The van der Waals surface area contributed by atoms with Crippen LogP contribution in [0.2, 0.25) is 0 Å². The van der Waals surface area contributed by atoms with E-state index in [1.165, 1.54) is 13.2 Å². The molecule has 0 unspecified atom stereocenters. The lowest BCUT2D eigenvalue weighted by atomic mass is 10.1. The smallest absolute Gasteiger partial charge is 0.337 e. The van der Waals surface area contributed by atoms with E-state index in [1.54, 1.807) is 36.8 Å². The third kappa shape index (κ3) is 3.48. The van der Waals surface area contributed by atoms with Crippen LogP contribution in [0.25, 0.3) is 11.4 Å². The highest BCUT2D eigenvalue weighted by molar-refractivity contribution is 5.90. The predicted octanol–water partition coefficient (Wildman–Crippen LogP) is 3.11. The van der Waals surface area contributed by atoms with E-state index in [9.17, 15) is 9.18 Å². The number of benzene rings is 1. The number of ether oxygens (including phenoxy) is 1. The van der Waals surface area contributed by atoms with Gasteiger partial charge in [0.25, 0.3) is 0 Å². The fourth-order valence-electron chi connectivity index (χ4n) is 2.38. The molecular formula is C18H16FN3O2. The number of carbonyl (C=O) groups excluding carboxylic acids is 1. The topological polar surface area (TPSA) is 57.0 Å². The van der Waals surface area contributed by atoms with E-state index in [0.717, 1.165) is 0 Å². The molecule has 0 aliphatic rings. The molecule has 0 spiro atoms. The molecule has 3 aromatic rings. The molecule has 0 bridgehead atoms. The van der Waals surface area contributed by atoms with Gasteiger partial charge in [-0.3, -0.25) is 4.98 Å². The first-order valence-corrected chi connectivity index (χ1v) is 7.47. The number of nitrogens with zero attached hydrogens (tertiary/aromatic N) is 3. The zero-order valence-corrected chi connectivity index (χ0v) is 13.1. The Balaban J connectivity index is 1.74. The highest BCUT2D eigenvalue weighted by atomic mass is 19.1. The van der Waals surface area contributed by atoms with Gasteiger partial charge in [0, 0.05) is 18.9 Å². The zero-order chi connectivity index (χ0) is 16.9. The number of pyridine rings is 1. The van der Waals surface area contributed by atoms with E-state index in [0.29, 0.717) is 35.5 Å². The minimum atomic E-state index is -0.419. The first-order chi connectivity index (χ1) is 11.7. The van der Waals surface area contributed by atoms with Crippen LogP contribution >= 0.6 is 0 Å². The second-order valence-electron chi connectivity index (χ2n) is 5.26. The summed E-state index contributed by atoms with van der Waals surface area (Å²) >= 11 is 0. The third-order valence-electron chi connectivity index (χ3n) is 3.67. The van der Waals surface area contributed by atoms with Gasteiger partial charge in [-0.15, -0.1) is 0 Å². The Morgan fingerprint density at radius 2 is 2.04 bits per heavy atom. The van der Waals surface area contributed by atoms with E-state index in [2.05, 4.69) is 9.97 Å². The Bertz CT molecular complexity index is 861. The number of aromatic nitrogens is 3. The molecule has 0 aliphatic heterocycles. The van der Waals surface area contributed by atoms with Gasteiger partial charge in [0.05, 0.1) is 24.7 Å². The maximum Gasteiger partial charge on any atom is 0.337 e. The van der Waals surface area contributed by atoms with Gasteiger partial charge in [0.15, 0.2) is 0 Å². The van der Waals surface area contributed by atoms with Crippen LogP contribution in [0.4, 0.5) is 4.39 Å². The number of hydrogen-bond acceptors (Lipinski definition) is 4. The second-order valence-corrected chi connectivity index (χ2v) is 5.26. The number of halogens is 1. The molecule has 2 heterocycles. The van der Waals surface area contributed by atoms with Crippen molar-refractivity contribution < 1.29 is 13.9 Å². The fourth-order valence-corrected chi connectivity index (χ4v) is 2.38. The van der Waals surface area contributed by atoms with Gasteiger partial charge in [-0.2, -0.15) is 0 Å². The van der Waals surface area contributed by atoms with E-state index in [-0.39, 0.29) is 5.82 Å². The van der Waals surface area contributed by atoms with Gasteiger partial charge < -0.3 is 9.30 Å². The molecule has 0 N–H and O–H groups in total. The number of methoxy groups -OCH3 is 1. The Kier molecular flexibility index (Phi) is 4.65. The van der Waals surface area contributed by atoms with Gasteiger partial charge in [0.1, 0.15) is 11.5 Å². The number of aryl methyl sites for hydroxylation is 2. The van der Waals surface area contributed by atoms with Crippen LogP contribution in [-0.4, -0.2) is 27.6 Å². The molecule has 1 aromatic carbocycles. The number of rotatable bonds is 5. The summed E-state index contributed by atoms with van der Waals surface area (Å²) in [6, 6.07) is 9.94.